The fourth-order valence-corrected chi connectivity index (χ4v) is 0.276. The van der Waals surface area contributed by atoms with E-state index < -0.39 is 0 Å². The maximum atomic E-state index is 10.1. The Morgan fingerprint density at radius 2 is 1.92 bits per heavy atom. The highest BCUT2D eigenvalue weighted by atomic mass is 16.5. The van der Waals surface area contributed by atoms with Gasteiger partial charge in [-0.1, -0.05) is 6.58 Å². The van der Waals surface area contributed by atoms with E-state index in [4.69, 9.17) is 10.5 Å². The van der Waals surface area contributed by atoms with Crippen molar-refractivity contribution in [2.75, 3.05) is 6.61 Å². The minimum absolute atomic E-state index is 0.359. The Morgan fingerprint density at radius 1 is 1.46 bits per heavy atom. The SMILES string of the molecule is C=CC(=O)OCC.N#C/C=C/C#N. The lowest BCUT2D eigenvalue weighted by Crippen LogP contribution is -1.97. The van der Waals surface area contributed by atoms with Gasteiger partial charge in [0.2, 0.25) is 0 Å². The van der Waals surface area contributed by atoms with E-state index in [1.54, 1.807) is 19.1 Å². The largest absolute Gasteiger partial charge is 0.463 e. The van der Waals surface area contributed by atoms with Gasteiger partial charge in [-0.15, -0.1) is 0 Å². The number of nitriles is 2. The number of ether oxygens (including phenoxy) is 1. The molecule has 0 heterocycles. The summed E-state index contributed by atoms with van der Waals surface area (Å²) in [5.41, 5.74) is 0. The Bertz CT molecular complexity index is 240. The van der Waals surface area contributed by atoms with E-state index >= 15 is 0 Å². The zero-order valence-corrected chi connectivity index (χ0v) is 7.36. The van der Waals surface area contributed by atoms with Gasteiger partial charge in [-0.25, -0.2) is 4.79 Å². The molecule has 0 unspecified atom stereocenters. The van der Waals surface area contributed by atoms with E-state index in [1.165, 1.54) is 0 Å². The molecule has 0 aromatic carbocycles. The van der Waals surface area contributed by atoms with Crippen LogP contribution in [0.3, 0.4) is 0 Å². The number of rotatable bonds is 2. The highest BCUT2D eigenvalue weighted by Crippen LogP contribution is 1.74. The van der Waals surface area contributed by atoms with Gasteiger partial charge in [0.1, 0.15) is 0 Å². The lowest BCUT2D eigenvalue weighted by Gasteiger charge is -1.90. The van der Waals surface area contributed by atoms with E-state index in [9.17, 15) is 4.79 Å². The third-order valence-corrected chi connectivity index (χ3v) is 0.686. The summed E-state index contributed by atoms with van der Waals surface area (Å²) in [4.78, 5) is 10.1. The Morgan fingerprint density at radius 3 is 2.08 bits per heavy atom. The monoisotopic (exact) mass is 178 g/mol. The van der Waals surface area contributed by atoms with Crippen LogP contribution in [-0.4, -0.2) is 12.6 Å². The lowest BCUT2D eigenvalue weighted by molar-refractivity contribution is -0.137. The zero-order chi connectivity index (χ0) is 10.5. The molecule has 13 heavy (non-hydrogen) atoms. The van der Waals surface area contributed by atoms with Crippen LogP contribution in [-0.2, 0) is 9.53 Å². The zero-order valence-electron chi connectivity index (χ0n) is 7.36. The van der Waals surface area contributed by atoms with Crippen LogP contribution in [0.4, 0.5) is 0 Å². The summed E-state index contributed by atoms with van der Waals surface area (Å²) in [5.74, 6) is -0.359. The van der Waals surface area contributed by atoms with Gasteiger partial charge < -0.3 is 4.74 Å². The van der Waals surface area contributed by atoms with Gasteiger partial charge >= 0.3 is 5.97 Å². The summed E-state index contributed by atoms with van der Waals surface area (Å²) in [6.07, 6.45) is 3.39. The summed E-state index contributed by atoms with van der Waals surface area (Å²) in [7, 11) is 0. The van der Waals surface area contributed by atoms with Gasteiger partial charge in [0.05, 0.1) is 18.7 Å². The molecule has 0 spiro atoms. The summed E-state index contributed by atoms with van der Waals surface area (Å²) in [5, 5.41) is 15.4. The second-order valence-electron chi connectivity index (χ2n) is 1.55. The van der Waals surface area contributed by atoms with Gasteiger partial charge in [-0.2, -0.15) is 10.5 Å². The van der Waals surface area contributed by atoms with Crippen molar-refractivity contribution in [2.45, 2.75) is 6.92 Å². The van der Waals surface area contributed by atoms with Crippen molar-refractivity contribution in [2.24, 2.45) is 0 Å². The number of hydrogen-bond donors (Lipinski definition) is 0. The van der Waals surface area contributed by atoms with Crippen LogP contribution >= 0.6 is 0 Å². The van der Waals surface area contributed by atoms with Crippen LogP contribution < -0.4 is 0 Å². The second-order valence-corrected chi connectivity index (χ2v) is 1.55. The molecule has 0 atom stereocenters. The minimum Gasteiger partial charge on any atom is -0.463 e. The normalized spacial score (nSPS) is 7.31. The molecule has 0 saturated carbocycles. The highest BCUT2D eigenvalue weighted by molar-refractivity contribution is 5.81. The molecule has 4 nitrogen and oxygen atoms in total. The molecule has 0 N–H and O–H groups in total. The van der Waals surface area contributed by atoms with Gasteiger partial charge in [-0.3, -0.25) is 0 Å². The van der Waals surface area contributed by atoms with Crippen molar-refractivity contribution in [1.82, 2.24) is 0 Å². The number of carbonyl (C=O) groups is 1. The molecule has 0 aliphatic carbocycles. The third kappa shape index (κ3) is 17.8. The number of esters is 1. The molecule has 0 bridgehead atoms. The highest BCUT2D eigenvalue weighted by Gasteiger charge is 1.86. The molecule has 0 fully saturated rings. The summed E-state index contributed by atoms with van der Waals surface area (Å²) in [6.45, 7) is 5.38. The molecule has 0 aliphatic rings. The number of hydrogen-bond acceptors (Lipinski definition) is 4. The molecular formula is C9H10N2O2. The van der Waals surface area contributed by atoms with Gasteiger partial charge in [0.25, 0.3) is 0 Å². The molecule has 0 aromatic rings. The first-order valence-electron chi connectivity index (χ1n) is 3.46. The van der Waals surface area contributed by atoms with Crippen molar-refractivity contribution in [3.63, 3.8) is 0 Å². The number of allylic oxidation sites excluding steroid dienone is 2. The summed E-state index contributed by atoms with van der Waals surface area (Å²) < 4.78 is 4.43. The maximum Gasteiger partial charge on any atom is 0.330 e. The van der Waals surface area contributed by atoms with Crippen LogP contribution in [0.1, 0.15) is 6.92 Å². The maximum absolute atomic E-state index is 10.1. The Kier molecular flexibility index (Phi) is 13.1. The summed E-state index contributed by atoms with van der Waals surface area (Å²) >= 11 is 0. The standard InChI is InChI=1S/C5H8O2.C4H2N2/c1-3-5(6)7-4-2;5-3-1-2-4-6/h3H,1,4H2,2H3;1-2H/b;2-1+. The predicted octanol–water partition coefficient (Wildman–Crippen LogP) is 1.33. The average molecular weight is 178 g/mol. The van der Waals surface area contributed by atoms with Crippen LogP contribution in [0.25, 0.3) is 0 Å². The Hall–Kier alpha value is -2.07. The van der Waals surface area contributed by atoms with Crippen LogP contribution in [0.15, 0.2) is 24.8 Å². The van der Waals surface area contributed by atoms with E-state index in [0.717, 1.165) is 18.2 Å². The van der Waals surface area contributed by atoms with Gasteiger partial charge in [0, 0.05) is 18.2 Å². The fourth-order valence-electron chi connectivity index (χ4n) is 0.276. The van der Waals surface area contributed by atoms with E-state index in [0.29, 0.717) is 6.61 Å². The van der Waals surface area contributed by atoms with Crippen molar-refractivity contribution in [3.05, 3.63) is 24.8 Å². The predicted molar refractivity (Wildman–Crippen MR) is 47.2 cm³/mol. The van der Waals surface area contributed by atoms with Gasteiger partial charge in [-0.05, 0) is 6.92 Å². The van der Waals surface area contributed by atoms with Crippen molar-refractivity contribution < 1.29 is 9.53 Å². The Labute approximate surface area is 77.3 Å². The van der Waals surface area contributed by atoms with Crippen LogP contribution in [0.5, 0.6) is 0 Å². The molecule has 0 aromatic heterocycles. The molecule has 0 amide bonds. The Balaban J connectivity index is 0. The lowest BCUT2D eigenvalue weighted by atomic mass is 10.6. The molecular weight excluding hydrogens is 168 g/mol. The first-order chi connectivity index (χ1) is 6.22. The summed E-state index contributed by atoms with van der Waals surface area (Å²) in [6, 6.07) is 3.33. The second kappa shape index (κ2) is 12.6. The molecule has 0 aliphatic heterocycles. The number of nitrogens with zero attached hydrogens (tertiary/aromatic N) is 2. The fraction of sp³-hybridized carbons (Fsp3) is 0.222. The number of carbonyl (C=O) groups excluding carboxylic acids is 1. The third-order valence-electron chi connectivity index (χ3n) is 0.686. The van der Waals surface area contributed by atoms with Gasteiger partial charge in [0.15, 0.2) is 0 Å². The van der Waals surface area contributed by atoms with Crippen LogP contribution in [0.2, 0.25) is 0 Å². The van der Waals surface area contributed by atoms with Crippen molar-refractivity contribution in [1.29, 1.82) is 10.5 Å². The first-order valence-corrected chi connectivity index (χ1v) is 3.46. The molecule has 0 rings (SSSR count). The quantitative estimate of drug-likeness (QED) is 0.363. The van der Waals surface area contributed by atoms with E-state index in [2.05, 4.69) is 11.3 Å². The minimum atomic E-state index is -0.359. The smallest absolute Gasteiger partial charge is 0.330 e. The molecule has 0 saturated heterocycles. The van der Waals surface area contributed by atoms with Crippen molar-refractivity contribution >= 4 is 5.97 Å². The molecule has 4 heteroatoms. The van der Waals surface area contributed by atoms with E-state index in [-0.39, 0.29) is 5.97 Å². The van der Waals surface area contributed by atoms with Crippen molar-refractivity contribution in [3.8, 4) is 12.1 Å². The molecule has 0 radical (unpaired) electrons. The van der Waals surface area contributed by atoms with E-state index in [1.807, 2.05) is 0 Å². The topological polar surface area (TPSA) is 73.9 Å². The van der Waals surface area contributed by atoms with Crippen LogP contribution in [0, 0.1) is 22.7 Å². The molecule has 68 valence electrons. The first kappa shape index (κ1) is 13.5. The average Bonchev–Trinajstić information content (AvgIpc) is 2.16.